The van der Waals surface area contributed by atoms with Crippen LogP contribution in [0.4, 0.5) is 5.69 Å². The molecule has 1 aliphatic heterocycles. The number of hydrogen-bond acceptors (Lipinski definition) is 6. The second-order valence-corrected chi connectivity index (χ2v) is 9.05. The van der Waals surface area contributed by atoms with Crippen LogP contribution in [0.3, 0.4) is 0 Å². The van der Waals surface area contributed by atoms with Gasteiger partial charge in [-0.1, -0.05) is 42.5 Å². The first-order chi connectivity index (χ1) is 19.1. The third-order valence-corrected chi connectivity index (χ3v) is 6.60. The fourth-order valence-electron chi connectivity index (χ4n) is 4.58. The van der Waals surface area contributed by atoms with Gasteiger partial charge in [0.05, 0.1) is 18.7 Å². The lowest BCUT2D eigenvalue weighted by Gasteiger charge is -2.36. The van der Waals surface area contributed by atoms with E-state index >= 15 is 0 Å². The summed E-state index contributed by atoms with van der Waals surface area (Å²) in [6.07, 6.45) is 3.83. The lowest BCUT2D eigenvalue weighted by molar-refractivity contribution is -0.126. The molecule has 1 amide bonds. The molecule has 1 saturated heterocycles. The second kappa shape index (κ2) is 13.0. The number of carbonyl (C=O) groups is 1. The molecule has 196 valence electrons. The Labute approximate surface area is 229 Å². The van der Waals surface area contributed by atoms with E-state index in [1.54, 1.807) is 36.3 Å². The van der Waals surface area contributed by atoms with Crippen LogP contribution in [0.15, 0.2) is 85.0 Å². The second-order valence-electron chi connectivity index (χ2n) is 9.05. The fourth-order valence-corrected chi connectivity index (χ4v) is 4.58. The number of piperazine rings is 1. The third kappa shape index (κ3) is 6.47. The van der Waals surface area contributed by atoms with Crippen molar-refractivity contribution in [3.05, 3.63) is 107 Å². The van der Waals surface area contributed by atoms with Gasteiger partial charge in [0.2, 0.25) is 0 Å². The molecule has 7 nitrogen and oxygen atoms in total. The number of allylic oxidation sites excluding steroid dienone is 1. The number of hydrogen-bond donors (Lipinski definition) is 0. The van der Waals surface area contributed by atoms with Gasteiger partial charge in [0.25, 0.3) is 5.91 Å². The maximum atomic E-state index is 13.2. The lowest BCUT2D eigenvalue weighted by atomic mass is 10.0. The molecular formula is C32H30N4O3. The van der Waals surface area contributed by atoms with Crippen molar-refractivity contribution in [2.75, 3.05) is 38.2 Å². The van der Waals surface area contributed by atoms with Gasteiger partial charge >= 0.3 is 0 Å². The molecule has 1 heterocycles. The number of methoxy groups -OCH3 is 1. The first-order valence-electron chi connectivity index (χ1n) is 12.7. The number of anilines is 1. The molecule has 1 aliphatic rings. The zero-order valence-electron chi connectivity index (χ0n) is 22.0. The molecule has 0 spiro atoms. The molecular weight excluding hydrogens is 488 g/mol. The number of ether oxygens (including phenoxy) is 2. The Morgan fingerprint density at radius 2 is 1.72 bits per heavy atom. The molecule has 39 heavy (non-hydrogen) atoms. The van der Waals surface area contributed by atoms with Crippen LogP contribution < -0.4 is 14.4 Å². The highest BCUT2D eigenvalue weighted by Crippen LogP contribution is 2.35. The van der Waals surface area contributed by atoms with Crippen molar-refractivity contribution < 1.29 is 14.3 Å². The van der Waals surface area contributed by atoms with Gasteiger partial charge in [0.15, 0.2) is 11.5 Å². The summed E-state index contributed by atoms with van der Waals surface area (Å²) in [7, 11) is 1.54. The van der Waals surface area contributed by atoms with Crippen molar-refractivity contribution in [2.24, 2.45) is 0 Å². The van der Waals surface area contributed by atoms with Crippen LogP contribution in [-0.4, -0.2) is 44.1 Å². The van der Waals surface area contributed by atoms with E-state index in [9.17, 15) is 15.3 Å². The Kier molecular flexibility index (Phi) is 9.00. The number of nitrogens with zero attached hydrogens (tertiary/aromatic N) is 4. The van der Waals surface area contributed by atoms with Gasteiger partial charge in [0, 0.05) is 43.0 Å². The molecule has 1 fully saturated rings. The highest BCUT2D eigenvalue weighted by atomic mass is 16.5. The normalized spacial score (nSPS) is 13.3. The van der Waals surface area contributed by atoms with Crippen molar-refractivity contribution in [3.63, 3.8) is 0 Å². The first kappa shape index (κ1) is 27.0. The SMILES string of the molecule is C=CCc1cc(/C=C(/C#N)C(=O)N2CCN(c3ccccc3)CC2)cc(OC)c1OCc1ccccc1C#N. The van der Waals surface area contributed by atoms with E-state index < -0.39 is 0 Å². The predicted molar refractivity (Wildman–Crippen MR) is 151 cm³/mol. The van der Waals surface area contributed by atoms with Gasteiger partial charge in [0.1, 0.15) is 18.2 Å². The average Bonchev–Trinajstić information content (AvgIpc) is 2.99. The summed E-state index contributed by atoms with van der Waals surface area (Å²) >= 11 is 0. The van der Waals surface area contributed by atoms with E-state index in [0.717, 1.165) is 16.8 Å². The largest absolute Gasteiger partial charge is 0.493 e. The first-order valence-corrected chi connectivity index (χ1v) is 12.7. The Morgan fingerprint density at radius 1 is 1.00 bits per heavy atom. The van der Waals surface area contributed by atoms with Gasteiger partial charge < -0.3 is 19.3 Å². The Morgan fingerprint density at radius 3 is 2.38 bits per heavy atom. The van der Waals surface area contributed by atoms with E-state index in [0.29, 0.717) is 55.2 Å². The monoisotopic (exact) mass is 518 g/mol. The number of para-hydroxylation sites is 1. The third-order valence-electron chi connectivity index (χ3n) is 6.60. The summed E-state index contributed by atoms with van der Waals surface area (Å²) in [4.78, 5) is 17.2. The van der Waals surface area contributed by atoms with Crippen LogP contribution >= 0.6 is 0 Å². The van der Waals surface area contributed by atoms with Crippen LogP contribution in [0.5, 0.6) is 11.5 Å². The van der Waals surface area contributed by atoms with Gasteiger partial charge in [-0.15, -0.1) is 6.58 Å². The molecule has 0 aliphatic carbocycles. The van der Waals surface area contributed by atoms with Crippen molar-refractivity contribution in [1.82, 2.24) is 4.90 Å². The minimum atomic E-state index is -0.289. The van der Waals surface area contributed by atoms with Crippen LogP contribution in [0.2, 0.25) is 0 Å². The summed E-state index contributed by atoms with van der Waals surface area (Å²) in [6, 6.07) is 25.2. The van der Waals surface area contributed by atoms with Gasteiger partial charge in [-0.05, 0) is 48.4 Å². The van der Waals surface area contributed by atoms with Crippen molar-refractivity contribution in [1.29, 1.82) is 10.5 Å². The summed E-state index contributed by atoms with van der Waals surface area (Å²) in [5.41, 5.74) is 3.95. The standard InChI is InChI=1S/C32H30N4O3/c1-3-9-25-18-24(20-30(38-2)31(25)39-23-27-11-8-7-10-26(27)21-33)19-28(22-34)32(37)36-16-14-35(15-17-36)29-12-5-4-6-13-29/h3-8,10-13,18-20H,1,9,14-17,23H2,2H3/b28-19-. The number of benzene rings is 3. The molecule has 7 heteroatoms. The van der Waals surface area contributed by atoms with E-state index in [-0.39, 0.29) is 18.1 Å². The van der Waals surface area contributed by atoms with E-state index in [2.05, 4.69) is 35.8 Å². The van der Waals surface area contributed by atoms with Crippen molar-refractivity contribution in [2.45, 2.75) is 13.0 Å². The van der Waals surface area contributed by atoms with E-state index in [1.165, 1.54) is 0 Å². The molecule has 3 aromatic rings. The van der Waals surface area contributed by atoms with Crippen LogP contribution in [0, 0.1) is 22.7 Å². The van der Waals surface area contributed by atoms with Gasteiger partial charge in [-0.2, -0.15) is 10.5 Å². The molecule has 0 radical (unpaired) electrons. The zero-order chi connectivity index (χ0) is 27.6. The predicted octanol–water partition coefficient (Wildman–Crippen LogP) is 5.13. The molecule has 0 aromatic heterocycles. The number of carbonyl (C=O) groups excluding carboxylic acids is 1. The highest BCUT2D eigenvalue weighted by molar-refractivity contribution is 6.02. The van der Waals surface area contributed by atoms with E-state index in [4.69, 9.17) is 9.47 Å². The maximum absolute atomic E-state index is 13.2. The maximum Gasteiger partial charge on any atom is 0.264 e. The minimum Gasteiger partial charge on any atom is -0.493 e. The summed E-state index contributed by atoms with van der Waals surface area (Å²) in [5, 5.41) is 19.3. The smallest absolute Gasteiger partial charge is 0.264 e. The lowest BCUT2D eigenvalue weighted by Crippen LogP contribution is -2.49. The van der Waals surface area contributed by atoms with Crippen LogP contribution in [0.1, 0.15) is 22.3 Å². The number of amides is 1. The topological polar surface area (TPSA) is 89.6 Å². The summed E-state index contributed by atoms with van der Waals surface area (Å²) in [5.74, 6) is 0.711. The number of nitriles is 2. The molecule has 0 unspecified atom stereocenters. The molecule has 0 atom stereocenters. The summed E-state index contributed by atoms with van der Waals surface area (Å²) < 4.78 is 11.8. The Bertz CT molecular complexity index is 1440. The molecule has 3 aromatic carbocycles. The molecule has 4 rings (SSSR count). The van der Waals surface area contributed by atoms with Crippen LogP contribution in [-0.2, 0) is 17.8 Å². The van der Waals surface area contributed by atoms with Crippen molar-refractivity contribution >= 4 is 17.7 Å². The Balaban J connectivity index is 1.54. The molecule has 0 bridgehead atoms. The Hall–Kier alpha value is -5.01. The van der Waals surface area contributed by atoms with E-state index in [1.807, 2.05) is 42.5 Å². The summed E-state index contributed by atoms with van der Waals surface area (Å²) in [6.45, 7) is 6.52. The fraction of sp³-hybridized carbons (Fsp3) is 0.219. The van der Waals surface area contributed by atoms with Crippen LogP contribution in [0.25, 0.3) is 6.08 Å². The van der Waals surface area contributed by atoms with Crippen molar-refractivity contribution in [3.8, 4) is 23.6 Å². The average molecular weight is 519 g/mol. The molecule has 0 saturated carbocycles. The molecule has 0 N–H and O–H groups in total. The zero-order valence-corrected chi connectivity index (χ0v) is 22.0. The highest BCUT2D eigenvalue weighted by Gasteiger charge is 2.24. The minimum absolute atomic E-state index is 0.0615. The van der Waals surface area contributed by atoms with Gasteiger partial charge in [-0.25, -0.2) is 0 Å². The number of rotatable bonds is 9. The quantitative estimate of drug-likeness (QED) is 0.222. The van der Waals surface area contributed by atoms with Gasteiger partial charge in [-0.3, -0.25) is 4.79 Å².